The van der Waals surface area contributed by atoms with E-state index >= 15 is 0 Å². The third kappa shape index (κ3) is 8.76. The largest absolute Gasteiger partial charge is 0.508 e. The number of pyridine rings is 1. The average molecular weight is 740 g/mol. The molecule has 2 unspecified atom stereocenters. The highest BCUT2D eigenvalue weighted by molar-refractivity contribution is 7.97. The molecule has 0 bridgehead atoms. The lowest BCUT2D eigenvalue weighted by Gasteiger charge is -2.31. The first-order chi connectivity index (χ1) is 25.6. The SMILES string of the molecule is CCn1c(-c2cccnc2C(C)OC)c(CC(C)(C)COC=O)c2cc(-c3cc(O)cc(CC(NSc4cnc[nH]4)C(=O)N4CCCCN4)c3)ccc21. The number of aromatic nitrogens is 4. The number of phenolic OH excluding ortho intramolecular Hbond substituents is 1. The molecule has 5 aromatic rings. The summed E-state index contributed by atoms with van der Waals surface area (Å²) < 4.78 is 16.7. The van der Waals surface area contributed by atoms with Crippen LogP contribution in [0.1, 0.15) is 63.5 Å². The van der Waals surface area contributed by atoms with Gasteiger partial charge in [0.1, 0.15) is 16.8 Å². The molecule has 13 heteroatoms. The van der Waals surface area contributed by atoms with E-state index in [1.54, 1.807) is 43.0 Å². The minimum absolute atomic E-state index is 0.0557. The minimum atomic E-state index is -0.572. The molecule has 12 nitrogen and oxygen atoms in total. The summed E-state index contributed by atoms with van der Waals surface area (Å²) in [5.41, 5.74) is 10.5. The van der Waals surface area contributed by atoms with Gasteiger partial charge in [0, 0.05) is 54.8 Å². The zero-order chi connectivity index (χ0) is 37.5. The molecular weight excluding hydrogens is 691 g/mol. The second-order valence-corrected chi connectivity index (χ2v) is 15.1. The van der Waals surface area contributed by atoms with E-state index in [9.17, 15) is 14.7 Å². The van der Waals surface area contributed by atoms with Gasteiger partial charge in [0.2, 0.25) is 0 Å². The monoisotopic (exact) mass is 739 g/mol. The van der Waals surface area contributed by atoms with Gasteiger partial charge in [0.25, 0.3) is 12.4 Å². The Hall–Kier alpha value is -4.69. The molecule has 0 aliphatic carbocycles. The van der Waals surface area contributed by atoms with Crippen LogP contribution in [-0.4, -0.2) is 74.9 Å². The van der Waals surface area contributed by atoms with Crippen LogP contribution in [0.2, 0.25) is 0 Å². The van der Waals surface area contributed by atoms with E-state index in [0.717, 1.165) is 74.5 Å². The first-order valence-corrected chi connectivity index (χ1v) is 18.9. The van der Waals surface area contributed by atoms with Crippen LogP contribution in [0.15, 0.2) is 72.3 Å². The molecule has 1 saturated heterocycles. The molecule has 1 aliphatic heterocycles. The number of amides is 1. The summed E-state index contributed by atoms with van der Waals surface area (Å²) in [5, 5.41) is 14.6. The molecule has 2 atom stereocenters. The zero-order valence-corrected chi connectivity index (χ0v) is 31.8. The molecular formula is C40H49N7O5S. The van der Waals surface area contributed by atoms with E-state index < -0.39 is 6.04 Å². The van der Waals surface area contributed by atoms with Crippen molar-refractivity contribution in [1.29, 1.82) is 0 Å². The Morgan fingerprint density at radius 2 is 2.02 bits per heavy atom. The Balaban J connectivity index is 1.43. The molecule has 53 heavy (non-hydrogen) atoms. The highest BCUT2D eigenvalue weighted by Crippen LogP contribution is 2.42. The molecule has 4 N–H and O–H groups in total. The van der Waals surface area contributed by atoms with Crippen LogP contribution in [0.3, 0.4) is 0 Å². The normalized spacial score (nSPS) is 14.7. The van der Waals surface area contributed by atoms with Gasteiger partial charge >= 0.3 is 0 Å². The van der Waals surface area contributed by atoms with E-state index in [2.05, 4.69) is 69.7 Å². The van der Waals surface area contributed by atoms with Crippen molar-refractivity contribution in [1.82, 2.24) is 34.7 Å². The first-order valence-electron chi connectivity index (χ1n) is 18.1. The van der Waals surface area contributed by atoms with Crippen LogP contribution in [-0.2, 0) is 38.4 Å². The number of imidazole rings is 1. The van der Waals surface area contributed by atoms with Crippen molar-refractivity contribution in [2.75, 3.05) is 26.8 Å². The standard InChI is InChI=1S/C40H49N7O5S/c1-6-46-35-12-11-28(20-32(35)33(21-40(3,4)23-52-25-48)38(46)31-10-9-13-42-37(31)26(2)51-5)29-16-27(17-30(49)19-29)18-34(45-53-36-22-41-24-43-36)39(50)47-15-8-7-14-44-47/h9-13,16-17,19-20,22,24-26,34,44-45,49H,6-8,14-15,18,21,23H2,1-5H3,(H,41,43). The highest BCUT2D eigenvalue weighted by Gasteiger charge is 2.29. The number of H-pyrrole nitrogens is 1. The van der Waals surface area contributed by atoms with Gasteiger partial charge in [-0.3, -0.25) is 19.6 Å². The average Bonchev–Trinajstić information content (AvgIpc) is 3.80. The summed E-state index contributed by atoms with van der Waals surface area (Å²) in [6, 6.07) is 15.4. The number of aryl methyl sites for hydroxylation is 1. The summed E-state index contributed by atoms with van der Waals surface area (Å²) in [4.78, 5) is 36.9. The number of hydrazine groups is 1. The number of nitrogens with one attached hydrogen (secondary N) is 3. The topological polar surface area (TPSA) is 147 Å². The number of ether oxygens (including phenoxy) is 2. The first kappa shape index (κ1) is 38.0. The lowest BCUT2D eigenvalue weighted by Crippen LogP contribution is -2.54. The Kier molecular flexibility index (Phi) is 12.2. The molecule has 2 aromatic carbocycles. The van der Waals surface area contributed by atoms with Crippen LogP contribution in [0.4, 0.5) is 0 Å². The van der Waals surface area contributed by atoms with E-state index in [4.69, 9.17) is 14.5 Å². The Labute approximate surface area is 314 Å². The number of carbonyl (C=O) groups excluding carboxylic acids is 2. The molecule has 0 spiro atoms. The van der Waals surface area contributed by atoms with E-state index in [0.29, 0.717) is 32.4 Å². The van der Waals surface area contributed by atoms with Crippen molar-refractivity contribution in [3.8, 4) is 28.1 Å². The number of rotatable bonds is 16. The van der Waals surface area contributed by atoms with E-state index in [1.165, 1.54) is 11.9 Å². The maximum atomic E-state index is 13.8. The molecule has 0 radical (unpaired) electrons. The number of hydrogen-bond donors (Lipinski definition) is 4. The van der Waals surface area contributed by atoms with Gasteiger partial charge in [-0.15, -0.1) is 0 Å². The fraction of sp³-hybridized carbons (Fsp3) is 0.400. The highest BCUT2D eigenvalue weighted by atomic mass is 32.2. The number of carbonyl (C=O) groups is 2. The Morgan fingerprint density at radius 1 is 1.17 bits per heavy atom. The van der Waals surface area contributed by atoms with Crippen LogP contribution in [0.5, 0.6) is 5.75 Å². The van der Waals surface area contributed by atoms with Crippen LogP contribution in [0, 0.1) is 5.41 Å². The zero-order valence-electron chi connectivity index (χ0n) is 31.0. The number of aromatic amines is 1. The molecule has 6 rings (SSSR count). The maximum Gasteiger partial charge on any atom is 0.293 e. The summed E-state index contributed by atoms with van der Waals surface area (Å²) in [7, 11) is 1.69. The second-order valence-electron chi connectivity index (χ2n) is 14.3. The maximum absolute atomic E-state index is 13.8. The number of benzene rings is 2. The van der Waals surface area contributed by atoms with Gasteiger partial charge in [0.15, 0.2) is 0 Å². The van der Waals surface area contributed by atoms with Crippen molar-refractivity contribution in [3.05, 3.63) is 84.1 Å². The Bertz CT molecular complexity index is 2020. The van der Waals surface area contributed by atoms with E-state index in [-0.39, 0.29) is 29.8 Å². The van der Waals surface area contributed by atoms with Crippen LogP contribution >= 0.6 is 11.9 Å². The molecule has 1 aliphatic rings. The lowest BCUT2D eigenvalue weighted by molar-refractivity contribution is -0.137. The van der Waals surface area contributed by atoms with Crippen molar-refractivity contribution in [2.45, 2.75) is 77.1 Å². The fourth-order valence-electron chi connectivity index (χ4n) is 7.13. The number of methoxy groups -OCH3 is 1. The van der Waals surface area contributed by atoms with Gasteiger partial charge in [-0.25, -0.2) is 15.1 Å². The number of aromatic hydroxyl groups is 1. The summed E-state index contributed by atoms with van der Waals surface area (Å²) in [6.45, 7) is 11.2. The molecule has 4 heterocycles. The van der Waals surface area contributed by atoms with Crippen LogP contribution in [0.25, 0.3) is 33.3 Å². The second kappa shape index (κ2) is 17.0. The number of phenols is 1. The molecule has 1 amide bonds. The quantitative estimate of drug-likeness (QED) is 0.0645. The molecule has 280 valence electrons. The minimum Gasteiger partial charge on any atom is -0.508 e. The lowest BCUT2D eigenvalue weighted by atomic mass is 9.84. The number of hydrogen-bond acceptors (Lipinski definition) is 10. The predicted molar refractivity (Wildman–Crippen MR) is 207 cm³/mol. The Morgan fingerprint density at radius 3 is 2.74 bits per heavy atom. The molecule has 1 fully saturated rings. The van der Waals surface area contributed by atoms with Crippen molar-refractivity contribution in [2.24, 2.45) is 5.41 Å². The van der Waals surface area contributed by atoms with Crippen molar-refractivity contribution >= 4 is 35.2 Å². The van der Waals surface area contributed by atoms with Gasteiger partial charge in [0.05, 0.1) is 36.6 Å². The third-order valence-corrected chi connectivity index (χ3v) is 10.6. The van der Waals surface area contributed by atoms with Gasteiger partial charge in [-0.05, 0) is 110 Å². The van der Waals surface area contributed by atoms with Gasteiger partial charge in [-0.1, -0.05) is 26.0 Å². The fourth-order valence-corrected chi connectivity index (χ4v) is 7.81. The summed E-state index contributed by atoms with van der Waals surface area (Å²) >= 11 is 1.32. The smallest absolute Gasteiger partial charge is 0.293 e. The predicted octanol–water partition coefficient (Wildman–Crippen LogP) is 6.60. The summed E-state index contributed by atoms with van der Waals surface area (Å²) in [6.07, 6.45) is 7.81. The van der Waals surface area contributed by atoms with Gasteiger partial charge < -0.3 is 24.1 Å². The van der Waals surface area contributed by atoms with Crippen LogP contribution < -0.4 is 10.1 Å². The van der Waals surface area contributed by atoms with E-state index in [1.807, 2.05) is 19.1 Å². The van der Waals surface area contributed by atoms with Crippen molar-refractivity contribution in [3.63, 3.8) is 0 Å². The molecule has 3 aromatic heterocycles. The molecule has 0 saturated carbocycles. The van der Waals surface area contributed by atoms with Gasteiger partial charge in [-0.2, -0.15) is 0 Å². The van der Waals surface area contributed by atoms with Crippen molar-refractivity contribution < 1.29 is 24.2 Å². The third-order valence-electron chi connectivity index (χ3n) is 9.72. The summed E-state index contributed by atoms with van der Waals surface area (Å²) in [5.74, 6) is 0.0636. The number of fused-ring (bicyclic) bond motifs is 1. The number of nitrogens with zero attached hydrogens (tertiary/aromatic N) is 4.